The van der Waals surface area contributed by atoms with E-state index in [1.165, 1.54) is 0 Å². The van der Waals surface area contributed by atoms with Crippen LogP contribution in [0.4, 0.5) is 4.79 Å². The molecule has 1 aromatic carbocycles. The minimum absolute atomic E-state index is 0.162. The molecular weight excluding hydrogens is 320 g/mol. The Morgan fingerprint density at radius 3 is 2.44 bits per heavy atom. The highest BCUT2D eigenvalue weighted by Gasteiger charge is 2.38. The number of hydrogen-bond acceptors (Lipinski definition) is 4. The topological polar surface area (TPSA) is 67.9 Å². The van der Waals surface area contributed by atoms with Gasteiger partial charge >= 0.3 is 6.09 Å². The molecule has 138 valence electrons. The molecule has 1 aliphatic rings. The number of morpholine rings is 1. The first kappa shape index (κ1) is 19.2. The molecular formula is C19H28N2O4. The average Bonchev–Trinajstić information content (AvgIpc) is 2.51. The summed E-state index contributed by atoms with van der Waals surface area (Å²) in [5.41, 5.74) is -0.342. The van der Waals surface area contributed by atoms with Crippen molar-refractivity contribution in [2.24, 2.45) is 0 Å². The van der Waals surface area contributed by atoms with Crippen LogP contribution in [-0.4, -0.2) is 47.8 Å². The molecule has 1 fully saturated rings. The molecule has 1 heterocycles. The van der Waals surface area contributed by atoms with Crippen molar-refractivity contribution < 1.29 is 19.1 Å². The van der Waals surface area contributed by atoms with Gasteiger partial charge in [0.2, 0.25) is 0 Å². The summed E-state index contributed by atoms with van der Waals surface area (Å²) >= 11 is 0. The van der Waals surface area contributed by atoms with Gasteiger partial charge in [0.1, 0.15) is 11.6 Å². The van der Waals surface area contributed by atoms with Crippen LogP contribution in [0.5, 0.6) is 0 Å². The van der Waals surface area contributed by atoms with Crippen molar-refractivity contribution in [3.63, 3.8) is 0 Å². The largest absolute Gasteiger partial charge is 0.444 e. The number of nitrogens with one attached hydrogen (secondary N) is 1. The number of amides is 2. The summed E-state index contributed by atoms with van der Waals surface area (Å²) < 4.78 is 10.8. The fourth-order valence-electron chi connectivity index (χ4n) is 2.78. The van der Waals surface area contributed by atoms with Crippen LogP contribution in [0.15, 0.2) is 30.3 Å². The molecule has 2 rings (SSSR count). The molecule has 1 aliphatic heterocycles. The highest BCUT2D eigenvalue weighted by molar-refractivity contribution is 5.87. The monoisotopic (exact) mass is 348 g/mol. The van der Waals surface area contributed by atoms with Crippen LogP contribution in [0.3, 0.4) is 0 Å². The van der Waals surface area contributed by atoms with Crippen molar-refractivity contribution >= 4 is 12.0 Å². The summed E-state index contributed by atoms with van der Waals surface area (Å²) in [7, 11) is 0. The van der Waals surface area contributed by atoms with Gasteiger partial charge in [0, 0.05) is 6.54 Å². The summed E-state index contributed by atoms with van der Waals surface area (Å²) in [5, 5.41) is 2.73. The summed E-state index contributed by atoms with van der Waals surface area (Å²) in [4.78, 5) is 27.2. The molecule has 1 atom stereocenters. The molecule has 6 nitrogen and oxygen atoms in total. The third kappa shape index (κ3) is 5.19. The highest BCUT2D eigenvalue weighted by Crippen LogP contribution is 2.25. The lowest BCUT2D eigenvalue weighted by molar-refractivity contribution is -0.148. The van der Waals surface area contributed by atoms with E-state index in [1.54, 1.807) is 25.7 Å². The number of nitrogens with zero attached hydrogens (tertiary/aromatic N) is 1. The molecule has 1 unspecified atom stereocenters. The van der Waals surface area contributed by atoms with Crippen molar-refractivity contribution in [1.82, 2.24) is 10.2 Å². The highest BCUT2D eigenvalue weighted by atomic mass is 16.6. The minimum Gasteiger partial charge on any atom is -0.444 e. The van der Waals surface area contributed by atoms with E-state index in [1.807, 2.05) is 44.2 Å². The zero-order valence-corrected chi connectivity index (χ0v) is 15.7. The second-order valence-electron chi connectivity index (χ2n) is 7.84. The fraction of sp³-hybridized carbons (Fsp3) is 0.579. The van der Waals surface area contributed by atoms with E-state index in [-0.39, 0.29) is 5.91 Å². The molecule has 0 spiro atoms. The van der Waals surface area contributed by atoms with Gasteiger partial charge < -0.3 is 19.7 Å². The molecule has 0 radical (unpaired) electrons. The number of rotatable bonds is 3. The van der Waals surface area contributed by atoms with Crippen LogP contribution < -0.4 is 5.32 Å². The van der Waals surface area contributed by atoms with Crippen LogP contribution >= 0.6 is 0 Å². The standard InChI is InChI=1S/C19H28N2O4/c1-18(2,3)25-17(23)20-15(14-9-7-6-8-10-14)16(22)21-11-12-24-13-19(21,4)5/h6-10,15H,11-13H2,1-5H3,(H,20,23). The van der Waals surface area contributed by atoms with Gasteiger partial charge in [-0.15, -0.1) is 0 Å². The Labute approximate surface area is 149 Å². The second-order valence-corrected chi connectivity index (χ2v) is 7.84. The first-order valence-corrected chi connectivity index (χ1v) is 8.54. The molecule has 1 saturated heterocycles. The van der Waals surface area contributed by atoms with Gasteiger partial charge in [-0.3, -0.25) is 4.79 Å². The SMILES string of the molecule is CC(C)(C)OC(=O)NC(C(=O)N1CCOCC1(C)C)c1ccccc1. The van der Waals surface area contributed by atoms with Crippen LogP contribution in [0.2, 0.25) is 0 Å². The maximum absolute atomic E-state index is 13.2. The predicted octanol–water partition coefficient (Wildman–Crippen LogP) is 2.89. The maximum atomic E-state index is 13.2. The molecule has 25 heavy (non-hydrogen) atoms. The second kappa shape index (κ2) is 7.44. The summed E-state index contributed by atoms with van der Waals surface area (Å²) in [6.07, 6.45) is -0.610. The van der Waals surface area contributed by atoms with Crippen molar-refractivity contribution in [1.29, 1.82) is 0 Å². The molecule has 2 amide bonds. The summed E-state index contributed by atoms with van der Waals surface area (Å²) in [6.45, 7) is 10.7. The number of carbonyl (C=O) groups excluding carboxylic acids is 2. The van der Waals surface area contributed by atoms with Crippen molar-refractivity contribution in [3.8, 4) is 0 Å². The Kier molecular flexibility index (Phi) is 5.72. The maximum Gasteiger partial charge on any atom is 0.408 e. The van der Waals surface area contributed by atoms with Gasteiger partial charge in [-0.25, -0.2) is 4.79 Å². The first-order valence-electron chi connectivity index (χ1n) is 8.54. The quantitative estimate of drug-likeness (QED) is 0.912. The van der Waals surface area contributed by atoms with E-state index in [9.17, 15) is 9.59 Å². The van der Waals surface area contributed by atoms with Gasteiger partial charge in [0.05, 0.1) is 18.8 Å². The molecule has 0 bridgehead atoms. The van der Waals surface area contributed by atoms with Crippen molar-refractivity contribution in [3.05, 3.63) is 35.9 Å². The third-order valence-corrected chi connectivity index (χ3v) is 3.95. The van der Waals surface area contributed by atoms with Crippen LogP contribution in [0, 0.1) is 0 Å². The Balaban J connectivity index is 2.25. The van der Waals surface area contributed by atoms with E-state index < -0.39 is 23.3 Å². The lowest BCUT2D eigenvalue weighted by Gasteiger charge is -2.43. The number of ether oxygens (including phenoxy) is 2. The van der Waals surface area contributed by atoms with Gasteiger partial charge in [-0.05, 0) is 40.2 Å². The Hall–Kier alpha value is -2.08. The molecule has 1 aromatic rings. The normalized spacial score (nSPS) is 18.4. The van der Waals surface area contributed by atoms with Gasteiger partial charge in [0.25, 0.3) is 5.91 Å². The van der Waals surface area contributed by atoms with E-state index in [0.29, 0.717) is 19.8 Å². The smallest absolute Gasteiger partial charge is 0.408 e. The van der Waals surface area contributed by atoms with E-state index in [0.717, 1.165) is 5.56 Å². The van der Waals surface area contributed by atoms with E-state index >= 15 is 0 Å². The number of benzene rings is 1. The fourth-order valence-corrected chi connectivity index (χ4v) is 2.78. The summed E-state index contributed by atoms with van der Waals surface area (Å²) in [5.74, 6) is -0.162. The molecule has 1 N–H and O–H groups in total. The number of hydrogen-bond donors (Lipinski definition) is 1. The van der Waals surface area contributed by atoms with Gasteiger partial charge in [-0.1, -0.05) is 30.3 Å². The average molecular weight is 348 g/mol. The lowest BCUT2D eigenvalue weighted by atomic mass is 9.98. The number of alkyl carbamates (subject to hydrolysis) is 1. The minimum atomic E-state index is -0.798. The van der Waals surface area contributed by atoms with Crippen LogP contribution in [-0.2, 0) is 14.3 Å². The molecule has 0 aliphatic carbocycles. The van der Waals surface area contributed by atoms with Crippen LogP contribution in [0.25, 0.3) is 0 Å². The zero-order valence-electron chi connectivity index (χ0n) is 15.7. The zero-order chi connectivity index (χ0) is 18.7. The van der Waals surface area contributed by atoms with Crippen molar-refractivity contribution in [2.45, 2.75) is 51.8 Å². The molecule has 6 heteroatoms. The summed E-state index contributed by atoms with van der Waals surface area (Å²) in [6, 6.07) is 8.42. The number of carbonyl (C=O) groups is 2. The lowest BCUT2D eigenvalue weighted by Crippen LogP contribution is -2.58. The first-order chi connectivity index (χ1) is 11.6. The molecule has 0 aromatic heterocycles. The van der Waals surface area contributed by atoms with E-state index in [4.69, 9.17) is 9.47 Å². The third-order valence-electron chi connectivity index (χ3n) is 3.95. The van der Waals surface area contributed by atoms with E-state index in [2.05, 4.69) is 5.32 Å². The van der Waals surface area contributed by atoms with Gasteiger partial charge in [-0.2, -0.15) is 0 Å². The Morgan fingerprint density at radius 1 is 1.24 bits per heavy atom. The Morgan fingerprint density at radius 2 is 1.88 bits per heavy atom. The molecule has 0 saturated carbocycles. The van der Waals surface area contributed by atoms with Crippen LogP contribution in [0.1, 0.15) is 46.2 Å². The van der Waals surface area contributed by atoms with Crippen molar-refractivity contribution in [2.75, 3.05) is 19.8 Å². The Bertz CT molecular complexity index is 608. The predicted molar refractivity (Wildman–Crippen MR) is 95.2 cm³/mol. The van der Waals surface area contributed by atoms with Gasteiger partial charge in [0.15, 0.2) is 0 Å².